The highest BCUT2D eigenvalue weighted by Gasteiger charge is 2.24. The Balaban J connectivity index is 1.35. The predicted molar refractivity (Wildman–Crippen MR) is 110 cm³/mol. The second kappa shape index (κ2) is 8.06. The first-order valence-corrected chi connectivity index (χ1v) is 10.6. The number of Topliss-reactive ketones (excluding diaryl/α,β-unsaturated/α-hetero) is 1. The first-order valence-electron chi connectivity index (χ1n) is 8.74. The van der Waals surface area contributed by atoms with Crippen LogP contribution >= 0.6 is 23.1 Å². The highest BCUT2D eigenvalue weighted by molar-refractivity contribution is 8.01. The average molecular weight is 395 g/mol. The lowest BCUT2D eigenvalue weighted by atomic mass is 10.2. The molecule has 6 heteroatoms. The fourth-order valence-electron chi connectivity index (χ4n) is 3.12. The van der Waals surface area contributed by atoms with Crippen LogP contribution in [0.3, 0.4) is 0 Å². The number of benzene rings is 2. The zero-order valence-electron chi connectivity index (χ0n) is 14.6. The molecule has 0 radical (unpaired) electrons. The van der Waals surface area contributed by atoms with E-state index in [1.165, 1.54) is 28.7 Å². The average Bonchev–Trinajstić information content (AvgIpc) is 3.33. The number of carbonyl (C=O) groups excluding carboxylic acids is 2. The van der Waals surface area contributed by atoms with Gasteiger partial charge in [-0.2, -0.15) is 0 Å². The number of ketones is 1. The fourth-order valence-corrected chi connectivity index (χ4v) is 4.86. The van der Waals surface area contributed by atoms with Gasteiger partial charge in [-0.05, 0) is 18.1 Å². The van der Waals surface area contributed by atoms with Crippen molar-refractivity contribution in [3.63, 3.8) is 0 Å². The zero-order chi connectivity index (χ0) is 18.6. The van der Waals surface area contributed by atoms with Crippen molar-refractivity contribution in [1.82, 2.24) is 4.98 Å². The number of hydrogen-bond acceptors (Lipinski definition) is 5. The van der Waals surface area contributed by atoms with E-state index in [0.717, 1.165) is 28.7 Å². The highest BCUT2D eigenvalue weighted by Crippen LogP contribution is 2.29. The Morgan fingerprint density at radius 2 is 1.85 bits per heavy atom. The highest BCUT2D eigenvalue weighted by atomic mass is 32.2. The first kappa shape index (κ1) is 17.9. The van der Waals surface area contributed by atoms with Crippen molar-refractivity contribution in [3.8, 4) is 0 Å². The minimum absolute atomic E-state index is 0.0714. The monoisotopic (exact) mass is 394 g/mol. The molecule has 27 heavy (non-hydrogen) atoms. The van der Waals surface area contributed by atoms with E-state index in [-0.39, 0.29) is 18.1 Å². The van der Waals surface area contributed by atoms with E-state index in [1.807, 2.05) is 58.8 Å². The third kappa shape index (κ3) is 4.12. The van der Waals surface area contributed by atoms with E-state index in [0.29, 0.717) is 11.3 Å². The van der Waals surface area contributed by atoms with Crippen molar-refractivity contribution >= 4 is 40.5 Å². The Morgan fingerprint density at radius 3 is 2.70 bits per heavy atom. The molecule has 0 N–H and O–H groups in total. The van der Waals surface area contributed by atoms with Gasteiger partial charge < -0.3 is 4.90 Å². The molecule has 0 spiro atoms. The molecule has 2 heterocycles. The van der Waals surface area contributed by atoms with Crippen LogP contribution in [0.1, 0.15) is 21.6 Å². The Hall–Kier alpha value is -2.44. The van der Waals surface area contributed by atoms with Crippen molar-refractivity contribution in [1.29, 1.82) is 0 Å². The molecule has 0 saturated heterocycles. The third-order valence-corrected chi connectivity index (χ3v) is 6.54. The summed E-state index contributed by atoms with van der Waals surface area (Å²) >= 11 is 2.91. The molecular weight excluding hydrogens is 376 g/mol. The minimum Gasteiger partial charge on any atom is -0.311 e. The molecule has 3 aromatic rings. The Labute approximate surface area is 166 Å². The SMILES string of the molecule is O=C(CSc1nc(CC(=O)N2CCc3ccccc32)cs1)c1ccccc1. The standard InChI is InChI=1S/C21H18N2O2S2/c24-19(16-7-2-1-3-8-16)14-27-21-22-17(13-26-21)12-20(25)23-11-10-15-6-4-5-9-18(15)23/h1-9,13H,10-12,14H2. The van der Waals surface area contributed by atoms with Gasteiger partial charge in [-0.25, -0.2) is 4.98 Å². The van der Waals surface area contributed by atoms with Gasteiger partial charge in [-0.1, -0.05) is 60.3 Å². The van der Waals surface area contributed by atoms with Crippen molar-refractivity contribution in [2.24, 2.45) is 0 Å². The van der Waals surface area contributed by atoms with Gasteiger partial charge in [0.15, 0.2) is 10.1 Å². The molecule has 0 saturated carbocycles. The van der Waals surface area contributed by atoms with Crippen LogP contribution in [-0.2, 0) is 17.6 Å². The lowest BCUT2D eigenvalue weighted by Gasteiger charge is -2.16. The van der Waals surface area contributed by atoms with Gasteiger partial charge in [0.1, 0.15) is 0 Å². The van der Waals surface area contributed by atoms with Crippen LogP contribution < -0.4 is 4.90 Å². The number of aromatic nitrogens is 1. The number of anilines is 1. The van der Waals surface area contributed by atoms with Crippen LogP contribution in [0.4, 0.5) is 5.69 Å². The number of hydrogen-bond donors (Lipinski definition) is 0. The molecule has 0 aliphatic carbocycles. The first-order chi connectivity index (χ1) is 13.2. The summed E-state index contributed by atoms with van der Waals surface area (Å²) in [6.45, 7) is 0.732. The molecule has 1 amide bonds. The molecular formula is C21H18N2O2S2. The van der Waals surface area contributed by atoms with E-state index in [4.69, 9.17) is 0 Å². The fraction of sp³-hybridized carbons (Fsp3) is 0.190. The quantitative estimate of drug-likeness (QED) is 0.463. The van der Waals surface area contributed by atoms with Gasteiger partial charge in [-0.3, -0.25) is 9.59 Å². The second-order valence-electron chi connectivity index (χ2n) is 6.28. The van der Waals surface area contributed by atoms with E-state index >= 15 is 0 Å². The molecule has 2 aromatic carbocycles. The summed E-state index contributed by atoms with van der Waals surface area (Å²) < 4.78 is 0.823. The van der Waals surface area contributed by atoms with Gasteiger partial charge in [0, 0.05) is 23.2 Å². The summed E-state index contributed by atoms with van der Waals surface area (Å²) in [4.78, 5) is 31.2. The zero-order valence-corrected chi connectivity index (χ0v) is 16.3. The number of carbonyl (C=O) groups is 2. The largest absolute Gasteiger partial charge is 0.311 e. The maximum atomic E-state index is 12.7. The molecule has 0 atom stereocenters. The van der Waals surface area contributed by atoms with E-state index in [9.17, 15) is 9.59 Å². The summed E-state index contributed by atoms with van der Waals surface area (Å²) in [5.74, 6) is 0.508. The Morgan fingerprint density at radius 1 is 1.07 bits per heavy atom. The molecule has 4 rings (SSSR count). The minimum atomic E-state index is 0.0714. The van der Waals surface area contributed by atoms with Crippen molar-refractivity contribution < 1.29 is 9.59 Å². The van der Waals surface area contributed by atoms with Crippen molar-refractivity contribution in [2.75, 3.05) is 17.2 Å². The molecule has 1 aliphatic heterocycles. The molecule has 0 bridgehead atoms. The van der Waals surface area contributed by atoms with Crippen LogP contribution in [0.25, 0.3) is 0 Å². The number of amides is 1. The molecule has 0 unspecified atom stereocenters. The third-order valence-electron chi connectivity index (χ3n) is 4.47. The summed E-state index contributed by atoms with van der Waals surface area (Å²) in [6, 6.07) is 17.3. The number of para-hydroxylation sites is 1. The molecule has 4 nitrogen and oxygen atoms in total. The van der Waals surface area contributed by atoms with Gasteiger partial charge in [0.25, 0.3) is 0 Å². The van der Waals surface area contributed by atoms with Gasteiger partial charge in [-0.15, -0.1) is 11.3 Å². The summed E-state index contributed by atoms with van der Waals surface area (Å²) in [7, 11) is 0. The van der Waals surface area contributed by atoms with Gasteiger partial charge >= 0.3 is 0 Å². The number of nitrogens with zero attached hydrogens (tertiary/aromatic N) is 2. The normalized spacial score (nSPS) is 12.8. The molecule has 0 fully saturated rings. The summed E-state index contributed by atoms with van der Waals surface area (Å²) in [6.07, 6.45) is 1.19. The van der Waals surface area contributed by atoms with E-state index in [1.54, 1.807) is 0 Å². The van der Waals surface area contributed by atoms with Crippen LogP contribution in [0.15, 0.2) is 64.3 Å². The number of thiazole rings is 1. The maximum absolute atomic E-state index is 12.7. The lowest BCUT2D eigenvalue weighted by Crippen LogP contribution is -2.30. The lowest BCUT2D eigenvalue weighted by molar-refractivity contribution is -0.117. The predicted octanol–water partition coefficient (Wildman–Crippen LogP) is 4.25. The van der Waals surface area contributed by atoms with Crippen molar-refractivity contribution in [3.05, 3.63) is 76.8 Å². The second-order valence-corrected chi connectivity index (χ2v) is 8.36. The van der Waals surface area contributed by atoms with Crippen LogP contribution in [0, 0.1) is 0 Å². The smallest absolute Gasteiger partial charge is 0.233 e. The van der Waals surface area contributed by atoms with Crippen molar-refractivity contribution in [2.45, 2.75) is 17.2 Å². The van der Waals surface area contributed by atoms with Gasteiger partial charge in [0.05, 0.1) is 17.9 Å². The van der Waals surface area contributed by atoms with E-state index in [2.05, 4.69) is 11.1 Å². The molecule has 136 valence electrons. The van der Waals surface area contributed by atoms with Crippen LogP contribution in [0.2, 0.25) is 0 Å². The topological polar surface area (TPSA) is 50.3 Å². The van der Waals surface area contributed by atoms with Gasteiger partial charge in [0.2, 0.25) is 5.91 Å². The summed E-state index contributed by atoms with van der Waals surface area (Å²) in [5.41, 5.74) is 3.72. The molecule has 1 aliphatic rings. The van der Waals surface area contributed by atoms with Crippen LogP contribution in [0.5, 0.6) is 0 Å². The Kier molecular flexibility index (Phi) is 5.36. The van der Waals surface area contributed by atoms with E-state index < -0.39 is 0 Å². The number of rotatable bonds is 6. The molecule has 1 aromatic heterocycles. The van der Waals surface area contributed by atoms with Crippen LogP contribution in [-0.4, -0.2) is 29.0 Å². The summed E-state index contributed by atoms with van der Waals surface area (Å²) in [5, 5.41) is 1.91. The Bertz CT molecular complexity index is 969. The number of thioether (sulfide) groups is 1. The number of fused-ring (bicyclic) bond motifs is 1. The maximum Gasteiger partial charge on any atom is 0.233 e.